The van der Waals surface area contributed by atoms with Gasteiger partial charge in [-0.3, -0.25) is 14.5 Å². The third kappa shape index (κ3) is 6.61. The molecule has 2 saturated heterocycles. The number of hydrogen-bond acceptors (Lipinski definition) is 5. The van der Waals surface area contributed by atoms with Crippen molar-refractivity contribution in [2.45, 2.75) is 78.5 Å². The van der Waals surface area contributed by atoms with Crippen molar-refractivity contribution in [2.24, 2.45) is 11.8 Å². The second-order valence-electron chi connectivity index (χ2n) is 11.9. The maximum atomic E-state index is 14.6. The summed E-state index contributed by atoms with van der Waals surface area (Å²) >= 11 is 0. The molecule has 0 spiro atoms. The quantitative estimate of drug-likeness (QED) is 0.636. The van der Waals surface area contributed by atoms with Gasteiger partial charge < -0.3 is 19.9 Å². The van der Waals surface area contributed by atoms with Crippen LogP contribution in [0.4, 0.5) is 14.9 Å². The summed E-state index contributed by atoms with van der Waals surface area (Å²) in [6, 6.07) is 2.99. The van der Waals surface area contributed by atoms with Crippen molar-refractivity contribution >= 4 is 23.6 Å². The molecular formula is C28H41FN4O4. The second kappa shape index (κ2) is 11.0. The number of halogens is 1. The van der Waals surface area contributed by atoms with Gasteiger partial charge in [0.25, 0.3) is 0 Å². The van der Waals surface area contributed by atoms with Gasteiger partial charge in [-0.05, 0) is 70.7 Å². The summed E-state index contributed by atoms with van der Waals surface area (Å²) in [5.41, 5.74) is 1.52. The summed E-state index contributed by atoms with van der Waals surface area (Å²) in [6.07, 6.45) is 3.86. The van der Waals surface area contributed by atoms with Crippen molar-refractivity contribution < 1.29 is 23.5 Å². The standard InChI is InChI=1S/C28H41FN4O4/c1-18-14-31(10-11-33(18)26(35)20-8-6-7-9-20)15-21-12-23(29)13-24(19(21)2)30-25(34)22-16-32(17-22)27(36)37-28(3,4)5/h12-13,18,20,22H,6-11,14-17H2,1-5H3,(H,30,34)/t18-/m0/s1. The lowest BCUT2D eigenvalue weighted by molar-refractivity contribution is -0.140. The maximum absolute atomic E-state index is 14.6. The molecule has 2 heterocycles. The maximum Gasteiger partial charge on any atom is 0.410 e. The van der Waals surface area contributed by atoms with E-state index in [9.17, 15) is 18.8 Å². The Kier molecular flexibility index (Phi) is 8.11. The summed E-state index contributed by atoms with van der Waals surface area (Å²) in [7, 11) is 0. The number of carbonyl (C=O) groups is 3. The summed E-state index contributed by atoms with van der Waals surface area (Å²) in [4.78, 5) is 43.6. The summed E-state index contributed by atoms with van der Waals surface area (Å²) < 4.78 is 19.9. The van der Waals surface area contributed by atoms with Crippen LogP contribution in [0.1, 0.15) is 64.5 Å². The van der Waals surface area contributed by atoms with Gasteiger partial charge in [0.05, 0.1) is 5.92 Å². The van der Waals surface area contributed by atoms with Gasteiger partial charge in [-0.15, -0.1) is 0 Å². The number of carbonyl (C=O) groups excluding carboxylic acids is 3. The predicted octanol–water partition coefficient (Wildman–Crippen LogP) is 4.16. The number of nitrogens with one attached hydrogen (secondary N) is 1. The highest BCUT2D eigenvalue weighted by molar-refractivity contribution is 5.95. The topological polar surface area (TPSA) is 82.2 Å². The number of likely N-dealkylation sites (tertiary alicyclic amines) is 1. The normalized spacial score (nSPS) is 21.6. The second-order valence-corrected chi connectivity index (χ2v) is 11.9. The molecule has 1 N–H and O–H groups in total. The Labute approximate surface area is 219 Å². The zero-order valence-electron chi connectivity index (χ0n) is 22.8. The zero-order valence-corrected chi connectivity index (χ0v) is 22.8. The number of piperazine rings is 1. The Bertz CT molecular complexity index is 1030. The monoisotopic (exact) mass is 516 g/mol. The number of amides is 3. The molecule has 0 unspecified atom stereocenters. The van der Waals surface area contributed by atoms with Crippen LogP contribution < -0.4 is 5.32 Å². The lowest BCUT2D eigenvalue weighted by atomic mass is 9.98. The largest absolute Gasteiger partial charge is 0.444 e. The van der Waals surface area contributed by atoms with Gasteiger partial charge in [0.15, 0.2) is 0 Å². The fraction of sp³-hybridized carbons (Fsp3) is 0.679. The van der Waals surface area contributed by atoms with E-state index in [2.05, 4.69) is 17.1 Å². The van der Waals surface area contributed by atoms with E-state index in [0.717, 1.165) is 49.9 Å². The Morgan fingerprint density at radius 2 is 1.73 bits per heavy atom. The SMILES string of the molecule is Cc1c(CN2CCN(C(=O)C3CCCC3)[C@@H](C)C2)cc(F)cc1NC(=O)C1CN(C(=O)OC(C)(C)C)C1. The summed E-state index contributed by atoms with van der Waals surface area (Å²) in [6.45, 7) is 12.7. The van der Waals surface area contributed by atoms with E-state index >= 15 is 0 Å². The summed E-state index contributed by atoms with van der Waals surface area (Å²) in [5.74, 6) is -0.518. The van der Waals surface area contributed by atoms with Crippen LogP contribution >= 0.6 is 0 Å². The highest BCUT2D eigenvalue weighted by Crippen LogP contribution is 2.29. The van der Waals surface area contributed by atoms with E-state index < -0.39 is 17.5 Å². The highest BCUT2D eigenvalue weighted by Gasteiger charge is 2.38. The average Bonchev–Trinajstić information content (AvgIpc) is 3.29. The first-order valence-electron chi connectivity index (χ1n) is 13.5. The highest BCUT2D eigenvalue weighted by atomic mass is 19.1. The van der Waals surface area contributed by atoms with Gasteiger partial charge in [-0.2, -0.15) is 0 Å². The lowest BCUT2D eigenvalue weighted by Crippen LogP contribution is -2.55. The molecule has 9 heteroatoms. The van der Waals surface area contributed by atoms with Gasteiger partial charge in [0, 0.05) is 56.9 Å². The number of ether oxygens (including phenoxy) is 1. The molecule has 2 aliphatic heterocycles. The smallest absolute Gasteiger partial charge is 0.410 e. The van der Waals surface area contributed by atoms with Crippen molar-refractivity contribution in [3.05, 3.63) is 29.1 Å². The lowest BCUT2D eigenvalue weighted by Gasteiger charge is -2.41. The van der Waals surface area contributed by atoms with Crippen LogP contribution in [0.5, 0.6) is 0 Å². The van der Waals surface area contributed by atoms with Crippen LogP contribution in [0.15, 0.2) is 12.1 Å². The molecule has 1 saturated carbocycles. The minimum Gasteiger partial charge on any atom is -0.444 e. The molecule has 3 fully saturated rings. The number of hydrogen-bond donors (Lipinski definition) is 1. The van der Waals surface area contributed by atoms with Gasteiger partial charge in [-0.1, -0.05) is 12.8 Å². The molecule has 4 rings (SSSR count). The molecule has 3 aliphatic rings. The first-order valence-corrected chi connectivity index (χ1v) is 13.5. The van der Waals surface area contributed by atoms with Crippen LogP contribution in [-0.4, -0.2) is 77.0 Å². The Morgan fingerprint density at radius 3 is 2.35 bits per heavy atom. The van der Waals surface area contributed by atoms with Crippen molar-refractivity contribution in [1.29, 1.82) is 0 Å². The Hall–Kier alpha value is -2.68. The molecule has 1 aliphatic carbocycles. The molecule has 204 valence electrons. The van der Waals surface area contributed by atoms with Gasteiger partial charge in [0.2, 0.25) is 11.8 Å². The molecule has 1 aromatic rings. The molecule has 1 atom stereocenters. The third-order valence-electron chi connectivity index (χ3n) is 7.73. The van der Waals surface area contributed by atoms with Crippen LogP contribution in [-0.2, 0) is 20.9 Å². The van der Waals surface area contributed by atoms with Crippen LogP contribution in [0, 0.1) is 24.6 Å². The zero-order chi connectivity index (χ0) is 26.9. The van der Waals surface area contributed by atoms with E-state index in [1.807, 2.05) is 11.8 Å². The number of benzene rings is 1. The average molecular weight is 517 g/mol. The Morgan fingerprint density at radius 1 is 1.05 bits per heavy atom. The minimum absolute atomic E-state index is 0.112. The van der Waals surface area contributed by atoms with Crippen LogP contribution in [0.3, 0.4) is 0 Å². The number of nitrogens with zero attached hydrogens (tertiary/aromatic N) is 3. The molecule has 0 radical (unpaired) electrons. The van der Waals surface area contributed by atoms with Gasteiger partial charge >= 0.3 is 6.09 Å². The molecule has 3 amide bonds. The minimum atomic E-state index is -0.588. The molecular weight excluding hydrogens is 475 g/mol. The van der Waals surface area contributed by atoms with E-state index in [-0.39, 0.29) is 42.8 Å². The number of rotatable bonds is 5. The van der Waals surface area contributed by atoms with E-state index in [0.29, 0.717) is 18.8 Å². The Balaban J connectivity index is 1.32. The van der Waals surface area contributed by atoms with Crippen molar-refractivity contribution in [3.8, 4) is 0 Å². The first-order chi connectivity index (χ1) is 17.4. The molecule has 0 bridgehead atoms. The molecule has 1 aromatic carbocycles. The third-order valence-corrected chi connectivity index (χ3v) is 7.73. The molecule has 37 heavy (non-hydrogen) atoms. The van der Waals surface area contributed by atoms with Crippen molar-refractivity contribution in [3.63, 3.8) is 0 Å². The van der Waals surface area contributed by atoms with Crippen LogP contribution in [0.25, 0.3) is 0 Å². The van der Waals surface area contributed by atoms with Crippen LogP contribution in [0.2, 0.25) is 0 Å². The predicted molar refractivity (Wildman–Crippen MR) is 139 cm³/mol. The fourth-order valence-electron chi connectivity index (χ4n) is 5.54. The van der Waals surface area contributed by atoms with Gasteiger partial charge in [-0.25, -0.2) is 9.18 Å². The molecule has 0 aromatic heterocycles. The van der Waals surface area contributed by atoms with Crippen molar-refractivity contribution in [2.75, 3.05) is 38.0 Å². The van der Waals surface area contributed by atoms with E-state index in [1.165, 1.54) is 17.0 Å². The summed E-state index contributed by atoms with van der Waals surface area (Å²) in [5, 5.41) is 2.87. The van der Waals surface area contributed by atoms with Gasteiger partial charge in [0.1, 0.15) is 11.4 Å². The van der Waals surface area contributed by atoms with Crippen molar-refractivity contribution in [1.82, 2.24) is 14.7 Å². The van der Waals surface area contributed by atoms with E-state index in [1.54, 1.807) is 20.8 Å². The molecule has 8 nitrogen and oxygen atoms in total. The first kappa shape index (κ1) is 27.4. The van der Waals surface area contributed by atoms with E-state index in [4.69, 9.17) is 4.74 Å². The fourth-order valence-corrected chi connectivity index (χ4v) is 5.54. The number of anilines is 1.